The molecule has 184 valence electrons. The Morgan fingerprint density at radius 1 is 0.812 bits per heavy atom. The number of aliphatic carboxylic acids is 1. The Hall–Kier alpha value is -1.69. The molecule has 0 unspecified atom stereocenters. The smallest absolute Gasteiger partial charge is 0.320 e. The van der Waals surface area contributed by atoms with Crippen molar-refractivity contribution < 1.29 is 14.7 Å². The first-order valence-corrected chi connectivity index (χ1v) is 13.1. The molecule has 1 aliphatic rings. The second-order valence-corrected chi connectivity index (χ2v) is 9.27. The third-order valence-corrected chi connectivity index (χ3v) is 6.22. The van der Waals surface area contributed by atoms with Gasteiger partial charge < -0.3 is 15.8 Å². The second kappa shape index (κ2) is 20.0. The zero-order valence-electron chi connectivity index (χ0n) is 20.2. The third-order valence-electron chi connectivity index (χ3n) is 6.22. The number of Topliss-reactive ketones (excluding diaryl/α,β-unsaturated/α-hetero) is 1. The summed E-state index contributed by atoms with van der Waals surface area (Å²) in [4.78, 5) is 28.5. The first-order valence-electron chi connectivity index (χ1n) is 13.1. The number of H-pyrrole nitrogens is 1. The van der Waals surface area contributed by atoms with Crippen molar-refractivity contribution in [3.05, 3.63) is 18.2 Å². The highest BCUT2D eigenvalue weighted by Crippen LogP contribution is 2.15. The van der Waals surface area contributed by atoms with Gasteiger partial charge in [0.05, 0.1) is 6.33 Å². The van der Waals surface area contributed by atoms with Crippen molar-refractivity contribution in [3.8, 4) is 0 Å². The van der Waals surface area contributed by atoms with Gasteiger partial charge in [0.25, 0.3) is 0 Å². The third kappa shape index (κ3) is 16.9. The van der Waals surface area contributed by atoms with Crippen LogP contribution in [0.3, 0.4) is 0 Å². The van der Waals surface area contributed by atoms with E-state index >= 15 is 0 Å². The van der Waals surface area contributed by atoms with E-state index in [1.54, 1.807) is 6.20 Å². The SMILES string of the molecule is N[C@@H](Cc1cnc[nH]1)C(=O)O.O=C1CCCCCCCCCCCCCCCCCCC1. The fourth-order valence-electron chi connectivity index (χ4n) is 4.14. The van der Waals surface area contributed by atoms with Crippen molar-refractivity contribution in [1.29, 1.82) is 0 Å². The van der Waals surface area contributed by atoms with E-state index in [2.05, 4.69) is 9.97 Å². The minimum Gasteiger partial charge on any atom is -0.480 e. The fourth-order valence-corrected chi connectivity index (χ4v) is 4.14. The number of nitrogens with one attached hydrogen (secondary N) is 1. The lowest BCUT2D eigenvalue weighted by atomic mass is 10.0. The minimum absolute atomic E-state index is 0.287. The van der Waals surface area contributed by atoms with Crippen molar-refractivity contribution in [2.24, 2.45) is 5.73 Å². The molecule has 4 N–H and O–H groups in total. The lowest BCUT2D eigenvalue weighted by molar-refractivity contribution is -0.138. The molecule has 6 heteroatoms. The first-order chi connectivity index (χ1) is 15.6. The van der Waals surface area contributed by atoms with Crippen molar-refractivity contribution in [1.82, 2.24) is 9.97 Å². The van der Waals surface area contributed by atoms with Crippen LogP contribution in [0.15, 0.2) is 12.5 Å². The highest BCUT2D eigenvalue weighted by molar-refractivity contribution is 5.78. The van der Waals surface area contributed by atoms with Gasteiger partial charge in [0.2, 0.25) is 0 Å². The number of carbonyl (C=O) groups excluding carboxylic acids is 1. The number of imidazole rings is 1. The maximum atomic E-state index is 11.8. The molecule has 1 aromatic heterocycles. The molecule has 1 aliphatic carbocycles. The van der Waals surface area contributed by atoms with Crippen LogP contribution in [0.1, 0.15) is 128 Å². The molecule has 0 aromatic carbocycles. The average Bonchev–Trinajstić information content (AvgIpc) is 3.28. The molecule has 6 nitrogen and oxygen atoms in total. The zero-order valence-corrected chi connectivity index (χ0v) is 20.2. The summed E-state index contributed by atoms with van der Waals surface area (Å²) in [5, 5.41) is 8.42. The Bertz CT molecular complexity index is 553. The van der Waals surface area contributed by atoms with E-state index in [4.69, 9.17) is 10.8 Å². The van der Waals surface area contributed by atoms with Gasteiger partial charge in [-0.1, -0.05) is 96.3 Å². The Labute approximate surface area is 195 Å². The lowest BCUT2D eigenvalue weighted by Crippen LogP contribution is -2.32. The van der Waals surface area contributed by atoms with Crippen LogP contribution in [0.5, 0.6) is 0 Å². The van der Waals surface area contributed by atoms with Crippen LogP contribution in [0.25, 0.3) is 0 Å². The van der Waals surface area contributed by atoms with Gasteiger partial charge in [-0.3, -0.25) is 9.59 Å². The number of rotatable bonds is 3. The van der Waals surface area contributed by atoms with E-state index in [0.717, 1.165) is 31.4 Å². The quantitative estimate of drug-likeness (QED) is 0.498. The van der Waals surface area contributed by atoms with Gasteiger partial charge in [-0.2, -0.15) is 0 Å². The van der Waals surface area contributed by atoms with Crippen molar-refractivity contribution in [3.63, 3.8) is 0 Å². The van der Waals surface area contributed by atoms with E-state index in [1.165, 1.54) is 103 Å². The van der Waals surface area contributed by atoms with Gasteiger partial charge in [-0.05, 0) is 12.8 Å². The number of aromatic amines is 1. The van der Waals surface area contributed by atoms with Crippen LogP contribution < -0.4 is 5.73 Å². The molecule has 0 spiro atoms. The maximum Gasteiger partial charge on any atom is 0.320 e. The summed E-state index contributed by atoms with van der Waals surface area (Å²) in [7, 11) is 0. The lowest BCUT2D eigenvalue weighted by Gasteiger charge is -2.05. The average molecular weight is 450 g/mol. The molecule has 1 atom stereocenters. The van der Waals surface area contributed by atoms with Gasteiger partial charge in [0.15, 0.2) is 0 Å². The second-order valence-electron chi connectivity index (χ2n) is 9.27. The molecule has 32 heavy (non-hydrogen) atoms. The molecule has 0 bridgehead atoms. The predicted molar refractivity (Wildman–Crippen MR) is 131 cm³/mol. The molecule has 1 heterocycles. The summed E-state index contributed by atoms with van der Waals surface area (Å²) in [5.41, 5.74) is 6.00. The van der Waals surface area contributed by atoms with E-state index in [0.29, 0.717) is 5.78 Å². The summed E-state index contributed by atoms with van der Waals surface area (Å²) in [6.45, 7) is 0. The van der Waals surface area contributed by atoms with Crippen LogP contribution in [0, 0.1) is 0 Å². The van der Waals surface area contributed by atoms with E-state index in [1.807, 2.05) is 0 Å². The number of aromatic nitrogens is 2. The Balaban J connectivity index is 0.000000389. The normalized spacial score (nSPS) is 19.8. The summed E-state index contributed by atoms with van der Waals surface area (Å²) in [6.07, 6.45) is 28.2. The Kier molecular flexibility index (Phi) is 17.7. The summed E-state index contributed by atoms with van der Waals surface area (Å²) in [6, 6.07) is -0.851. The summed E-state index contributed by atoms with van der Waals surface area (Å²) < 4.78 is 0. The summed E-state index contributed by atoms with van der Waals surface area (Å²) in [5.74, 6) is -0.482. The molecule has 0 saturated heterocycles. The van der Waals surface area contributed by atoms with Gasteiger partial charge in [0.1, 0.15) is 11.8 Å². The van der Waals surface area contributed by atoms with Crippen molar-refractivity contribution in [2.75, 3.05) is 0 Å². The van der Waals surface area contributed by atoms with Crippen LogP contribution in [-0.4, -0.2) is 32.9 Å². The predicted octanol–water partition coefficient (Wildman–Crippen LogP) is 6.35. The number of carboxylic acid groups (broad SMARTS) is 1. The molecular formula is C26H47N3O3. The van der Waals surface area contributed by atoms with Crippen molar-refractivity contribution >= 4 is 11.8 Å². The topological polar surface area (TPSA) is 109 Å². The number of nitrogens with two attached hydrogens (primary N) is 1. The fraction of sp³-hybridized carbons (Fsp3) is 0.808. The summed E-state index contributed by atoms with van der Waals surface area (Å²) >= 11 is 0. The van der Waals surface area contributed by atoms with Gasteiger partial charge >= 0.3 is 5.97 Å². The van der Waals surface area contributed by atoms with Gasteiger partial charge in [-0.25, -0.2) is 4.98 Å². The highest BCUT2D eigenvalue weighted by atomic mass is 16.4. The van der Waals surface area contributed by atoms with E-state index in [-0.39, 0.29) is 6.42 Å². The van der Waals surface area contributed by atoms with Crippen LogP contribution >= 0.6 is 0 Å². The molecule has 0 aliphatic heterocycles. The molecule has 1 fully saturated rings. The van der Waals surface area contributed by atoms with Gasteiger partial charge in [0, 0.05) is 31.2 Å². The Morgan fingerprint density at radius 2 is 1.19 bits per heavy atom. The number of carbonyl (C=O) groups is 2. The molecule has 2 rings (SSSR count). The highest BCUT2D eigenvalue weighted by Gasteiger charge is 2.12. The van der Waals surface area contributed by atoms with Crippen LogP contribution in [0.2, 0.25) is 0 Å². The van der Waals surface area contributed by atoms with Crippen molar-refractivity contribution in [2.45, 2.75) is 134 Å². The molecule has 1 saturated carbocycles. The molecule has 1 aromatic rings. The van der Waals surface area contributed by atoms with Gasteiger partial charge in [-0.15, -0.1) is 0 Å². The van der Waals surface area contributed by atoms with E-state index in [9.17, 15) is 9.59 Å². The number of carboxylic acids is 1. The maximum absolute atomic E-state index is 11.8. The van der Waals surface area contributed by atoms with Crippen LogP contribution in [0.4, 0.5) is 0 Å². The largest absolute Gasteiger partial charge is 0.480 e. The van der Waals surface area contributed by atoms with E-state index < -0.39 is 12.0 Å². The monoisotopic (exact) mass is 449 g/mol. The standard InChI is InChI=1S/C20H38O.C6H9N3O2/c21-20-18-16-14-12-10-8-6-4-2-1-3-5-7-9-11-13-15-17-19-20;7-5(6(10)11)1-4-2-8-3-9-4/h1-19H2;2-3,5H,1,7H2,(H,8,9)(H,10,11)/t;5-/m.0/s1. The minimum atomic E-state index is -1.00. The molecular weight excluding hydrogens is 402 g/mol. The number of hydrogen-bond donors (Lipinski definition) is 3. The Morgan fingerprint density at radius 3 is 1.50 bits per heavy atom. The first kappa shape index (κ1) is 28.3. The van der Waals surface area contributed by atoms with Crippen LogP contribution in [-0.2, 0) is 16.0 Å². The molecule has 0 radical (unpaired) electrons. The number of nitrogens with zero attached hydrogens (tertiary/aromatic N) is 1. The zero-order chi connectivity index (χ0) is 23.3. The number of ketones is 1. The number of hydrogen-bond acceptors (Lipinski definition) is 4. The molecule has 0 amide bonds.